The lowest BCUT2D eigenvalue weighted by Crippen LogP contribution is -1.94. The number of halogens is 1. The molecule has 1 aromatic carbocycles. The molecule has 2 heteroatoms. The monoisotopic (exact) mass is 226 g/mol. The fourth-order valence-electron chi connectivity index (χ4n) is 0.791. The highest BCUT2D eigenvalue weighted by atomic mass is 79.9. The summed E-state index contributed by atoms with van der Waals surface area (Å²) in [6, 6.07) is 7.80. The largest absolute Gasteiger partial charge is 0.493 e. The van der Waals surface area contributed by atoms with E-state index in [9.17, 15) is 0 Å². The van der Waals surface area contributed by atoms with Crippen LogP contribution >= 0.6 is 15.9 Å². The second-order valence-electron chi connectivity index (χ2n) is 2.38. The van der Waals surface area contributed by atoms with E-state index in [1.807, 2.05) is 30.3 Å². The summed E-state index contributed by atoms with van der Waals surface area (Å²) >= 11 is 3.36. The Morgan fingerprint density at radius 2 is 2.00 bits per heavy atom. The zero-order valence-corrected chi connectivity index (χ0v) is 8.38. The Balaban J connectivity index is 2.42. The van der Waals surface area contributed by atoms with Crippen molar-refractivity contribution in [3.8, 4) is 5.75 Å². The lowest BCUT2D eigenvalue weighted by molar-refractivity contribution is 0.325. The quantitative estimate of drug-likeness (QED) is 0.565. The van der Waals surface area contributed by atoms with E-state index in [0.717, 1.165) is 16.6 Å². The van der Waals surface area contributed by atoms with Crippen LogP contribution in [-0.2, 0) is 0 Å². The van der Waals surface area contributed by atoms with Gasteiger partial charge in [0.05, 0.1) is 6.61 Å². The minimum Gasteiger partial charge on any atom is -0.493 e. The van der Waals surface area contributed by atoms with E-state index in [-0.39, 0.29) is 0 Å². The topological polar surface area (TPSA) is 9.23 Å². The van der Waals surface area contributed by atoms with Crippen molar-refractivity contribution in [1.29, 1.82) is 0 Å². The van der Waals surface area contributed by atoms with E-state index in [2.05, 4.69) is 22.5 Å². The molecule has 0 amide bonds. The summed E-state index contributed by atoms with van der Waals surface area (Å²) in [6.45, 7) is 4.32. The summed E-state index contributed by atoms with van der Waals surface area (Å²) in [5, 5.41) is 0. The molecule has 0 aliphatic rings. The summed E-state index contributed by atoms with van der Waals surface area (Å²) in [5.74, 6) is 0.903. The molecule has 0 aromatic heterocycles. The van der Waals surface area contributed by atoms with Crippen LogP contribution in [0, 0.1) is 0 Å². The molecule has 0 N–H and O–H groups in total. The van der Waals surface area contributed by atoms with Crippen LogP contribution in [0.25, 0.3) is 0 Å². The summed E-state index contributed by atoms with van der Waals surface area (Å²) in [6.07, 6.45) is 2.73. The van der Waals surface area contributed by atoms with E-state index in [1.54, 1.807) is 0 Å². The van der Waals surface area contributed by atoms with Gasteiger partial charge in [-0.3, -0.25) is 0 Å². The SMILES string of the molecule is C=CCCOc1ccc(Br)cc1. The molecular weight excluding hydrogens is 216 g/mol. The van der Waals surface area contributed by atoms with Crippen LogP contribution in [0.2, 0.25) is 0 Å². The van der Waals surface area contributed by atoms with Gasteiger partial charge in [-0.2, -0.15) is 0 Å². The number of rotatable bonds is 4. The molecule has 0 radical (unpaired) electrons. The molecule has 12 heavy (non-hydrogen) atoms. The molecule has 0 atom stereocenters. The van der Waals surface area contributed by atoms with Gasteiger partial charge in [-0.1, -0.05) is 22.0 Å². The van der Waals surface area contributed by atoms with Crippen molar-refractivity contribution in [3.63, 3.8) is 0 Å². The van der Waals surface area contributed by atoms with Crippen LogP contribution in [0.15, 0.2) is 41.4 Å². The summed E-state index contributed by atoms with van der Waals surface area (Å²) in [4.78, 5) is 0. The third-order valence-corrected chi connectivity index (χ3v) is 1.93. The van der Waals surface area contributed by atoms with Crippen LogP contribution in [0.5, 0.6) is 5.75 Å². The lowest BCUT2D eigenvalue weighted by atomic mass is 10.3. The highest BCUT2D eigenvalue weighted by Crippen LogP contribution is 2.15. The van der Waals surface area contributed by atoms with Crippen LogP contribution in [0.1, 0.15) is 6.42 Å². The van der Waals surface area contributed by atoms with Crippen molar-refractivity contribution < 1.29 is 4.74 Å². The second kappa shape index (κ2) is 4.99. The third kappa shape index (κ3) is 3.09. The Bertz CT molecular complexity index is 241. The highest BCUT2D eigenvalue weighted by molar-refractivity contribution is 9.10. The van der Waals surface area contributed by atoms with E-state index in [1.165, 1.54) is 0 Å². The molecule has 0 aliphatic carbocycles. The molecule has 64 valence electrons. The summed E-state index contributed by atoms with van der Waals surface area (Å²) in [5.41, 5.74) is 0. The highest BCUT2D eigenvalue weighted by Gasteiger charge is 1.91. The van der Waals surface area contributed by atoms with Crippen LogP contribution < -0.4 is 4.74 Å². The zero-order chi connectivity index (χ0) is 8.81. The molecule has 0 saturated carbocycles. The maximum absolute atomic E-state index is 5.41. The smallest absolute Gasteiger partial charge is 0.119 e. The Kier molecular flexibility index (Phi) is 3.88. The van der Waals surface area contributed by atoms with Gasteiger partial charge in [0.25, 0.3) is 0 Å². The fraction of sp³-hybridized carbons (Fsp3) is 0.200. The van der Waals surface area contributed by atoms with Gasteiger partial charge in [-0.25, -0.2) is 0 Å². The van der Waals surface area contributed by atoms with E-state index in [4.69, 9.17) is 4.74 Å². The lowest BCUT2D eigenvalue weighted by Gasteiger charge is -2.03. The van der Waals surface area contributed by atoms with Crippen molar-refractivity contribution in [2.45, 2.75) is 6.42 Å². The zero-order valence-electron chi connectivity index (χ0n) is 6.79. The number of hydrogen-bond donors (Lipinski definition) is 0. The molecule has 0 unspecified atom stereocenters. The molecule has 0 fully saturated rings. The number of benzene rings is 1. The first-order valence-electron chi connectivity index (χ1n) is 3.82. The van der Waals surface area contributed by atoms with Gasteiger partial charge in [0.2, 0.25) is 0 Å². The molecule has 0 bridgehead atoms. The average Bonchev–Trinajstić information content (AvgIpc) is 2.09. The number of hydrogen-bond acceptors (Lipinski definition) is 1. The average molecular weight is 227 g/mol. The van der Waals surface area contributed by atoms with Crippen LogP contribution in [-0.4, -0.2) is 6.61 Å². The maximum Gasteiger partial charge on any atom is 0.119 e. The maximum atomic E-state index is 5.41. The summed E-state index contributed by atoms with van der Waals surface area (Å²) in [7, 11) is 0. The predicted molar refractivity (Wildman–Crippen MR) is 54.5 cm³/mol. The van der Waals surface area contributed by atoms with Crippen molar-refractivity contribution in [2.24, 2.45) is 0 Å². The first-order chi connectivity index (χ1) is 5.83. The molecule has 0 aliphatic heterocycles. The molecule has 0 saturated heterocycles. The van der Waals surface area contributed by atoms with Gasteiger partial charge < -0.3 is 4.74 Å². The molecule has 0 spiro atoms. The van der Waals surface area contributed by atoms with Gasteiger partial charge in [0.15, 0.2) is 0 Å². The molecular formula is C10H11BrO. The van der Waals surface area contributed by atoms with Gasteiger partial charge >= 0.3 is 0 Å². The molecule has 1 aromatic rings. The predicted octanol–water partition coefficient (Wildman–Crippen LogP) is 3.40. The first-order valence-corrected chi connectivity index (χ1v) is 4.61. The molecule has 0 heterocycles. The molecule has 1 rings (SSSR count). The van der Waals surface area contributed by atoms with Gasteiger partial charge in [-0.05, 0) is 30.7 Å². The minimum atomic E-state index is 0.700. The Hall–Kier alpha value is -0.760. The van der Waals surface area contributed by atoms with Gasteiger partial charge in [0, 0.05) is 4.47 Å². The Morgan fingerprint density at radius 1 is 1.33 bits per heavy atom. The van der Waals surface area contributed by atoms with Crippen LogP contribution in [0.3, 0.4) is 0 Å². The van der Waals surface area contributed by atoms with E-state index in [0.29, 0.717) is 6.61 Å². The summed E-state index contributed by atoms with van der Waals surface area (Å²) < 4.78 is 6.48. The number of ether oxygens (including phenoxy) is 1. The van der Waals surface area contributed by atoms with Gasteiger partial charge in [0.1, 0.15) is 5.75 Å². The fourth-order valence-corrected chi connectivity index (χ4v) is 1.06. The van der Waals surface area contributed by atoms with Gasteiger partial charge in [-0.15, -0.1) is 6.58 Å². The van der Waals surface area contributed by atoms with Crippen molar-refractivity contribution in [2.75, 3.05) is 6.61 Å². The van der Waals surface area contributed by atoms with Crippen molar-refractivity contribution in [3.05, 3.63) is 41.4 Å². The second-order valence-corrected chi connectivity index (χ2v) is 3.30. The standard InChI is InChI=1S/C10H11BrO/c1-2-3-8-12-10-6-4-9(11)5-7-10/h2,4-7H,1,3,8H2. The normalized spacial score (nSPS) is 9.42. The van der Waals surface area contributed by atoms with Crippen molar-refractivity contribution in [1.82, 2.24) is 0 Å². The Labute approximate surface area is 81.2 Å². The van der Waals surface area contributed by atoms with Crippen molar-refractivity contribution >= 4 is 15.9 Å². The molecule has 1 nitrogen and oxygen atoms in total. The van der Waals surface area contributed by atoms with E-state index >= 15 is 0 Å². The minimum absolute atomic E-state index is 0.700. The van der Waals surface area contributed by atoms with E-state index < -0.39 is 0 Å². The Morgan fingerprint density at radius 3 is 2.58 bits per heavy atom. The first kappa shape index (κ1) is 9.33. The third-order valence-electron chi connectivity index (χ3n) is 1.40. The van der Waals surface area contributed by atoms with Crippen LogP contribution in [0.4, 0.5) is 0 Å².